The maximum Gasteiger partial charge on any atom is 0.329 e. The number of carbonyl (C=O) groups excluding carboxylic acids is 1. The van der Waals surface area contributed by atoms with E-state index in [1.54, 1.807) is 11.1 Å². The minimum Gasteiger partial charge on any atom is -0.362 e. The Bertz CT molecular complexity index is 1120. The molecule has 4 aromatic rings. The number of aromatic nitrogens is 2. The summed E-state index contributed by atoms with van der Waals surface area (Å²) in [6, 6.07) is 27.9. The van der Waals surface area contributed by atoms with E-state index >= 15 is 0 Å². The van der Waals surface area contributed by atoms with Gasteiger partial charge in [0, 0.05) is 37.7 Å². The van der Waals surface area contributed by atoms with Gasteiger partial charge >= 0.3 is 6.03 Å². The fourth-order valence-corrected chi connectivity index (χ4v) is 4.16. The third kappa shape index (κ3) is 4.07. The van der Waals surface area contributed by atoms with Crippen molar-refractivity contribution in [3.05, 3.63) is 109 Å². The number of aromatic amines is 1. The maximum atomic E-state index is 13.9. The van der Waals surface area contributed by atoms with Gasteiger partial charge in [0.15, 0.2) is 0 Å². The number of hydrogen-bond donors (Lipinski definition) is 1. The number of rotatable bonds is 4. The standard InChI is InChI=1S/C26H25N5O/c32-26(31(22-10-3-1-4-11-22)23-12-5-2-6-13-23)30-18-17-29(20-25-27-15-16-28-25)24-14-8-7-9-21(24)19-30/h1-16H,17-20H2,(H,27,28). The number of carbonyl (C=O) groups is 1. The number of amides is 2. The quantitative estimate of drug-likeness (QED) is 0.491. The lowest BCUT2D eigenvalue weighted by Crippen LogP contribution is -2.42. The van der Waals surface area contributed by atoms with E-state index in [0.29, 0.717) is 19.6 Å². The molecule has 160 valence electrons. The van der Waals surface area contributed by atoms with Gasteiger partial charge in [-0.2, -0.15) is 0 Å². The predicted octanol–water partition coefficient (Wildman–Crippen LogP) is 5.19. The fourth-order valence-electron chi connectivity index (χ4n) is 4.16. The van der Waals surface area contributed by atoms with Crippen molar-refractivity contribution >= 4 is 23.1 Å². The normalized spacial score (nSPS) is 13.4. The molecule has 0 aliphatic carbocycles. The van der Waals surface area contributed by atoms with E-state index in [0.717, 1.165) is 35.0 Å². The summed E-state index contributed by atoms with van der Waals surface area (Å²) in [6.45, 7) is 2.57. The van der Waals surface area contributed by atoms with Gasteiger partial charge in [-0.05, 0) is 35.9 Å². The summed E-state index contributed by atoms with van der Waals surface area (Å²) < 4.78 is 0. The van der Waals surface area contributed by atoms with Gasteiger partial charge < -0.3 is 14.8 Å². The minimum absolute atomic E-state index is 0.0305. The Labute approximate surface area is 187 Å². The molecule has 1 aliphatic heterocycles. The van der Waals surface area contributed by atoms with Crippen LogP contribution in [0.25, 0.3) is 0 Å². The number of H-pyrrole nitrogens is 1. The second-order valence-corrected chi connectivity index (χ2v) is 7.80. The molecule has 0 unspecified atom stereocenters. The summed E-state index contributed by atoms with van der Waals surface area (Å²) in [6.07, 6.45) is 3.61. The first-order chi connectivity index (χ1) is 15.8. The van der Waals surface area contributed by atoms with Crippen molar-refractivity contribution in [1.82, 2.24) is 14.9 Å². The summed E-state index contributed by atoms with van der Waals surface area (Å²) >= 11 is 0. The Morgan fingerprint density at radius 1 is 0.875 bits per heavy atom. The molecule has 1 N–H and O–H groups in total. The first kappa shape index (κ1) is 19.9. The monoisotopic (exact) mass is 423 g/mol. The molecule has 6 nitrogen and oxygen atoms in total. The van der Waals surface area contributed by atoms with Crippen molar-refractivity contribution < 1.29 is 4.79 Å². The van der Waals surface area contributed by atoms with Gasteiger partial charge in [0.05, 0.1) is 17.9 Å². The molecule has 0 bridgehead atoms. The van der Waals surface area contributed by atoms with Crippen LogP contribution in [0.4, 0.5) is 21.9 Å². The van der Waals surface area contributed by atoms with E-state index in [1.165, 1.54) is 0 Å². The largest absolute Gasteiger partial charge is 0.362 e. The van der Waals surface area contributed by atoms with Gasteiger partial charge in [0.1, 0.15) is 5.82 Å². The van der Waals surface area contributed by atoms with E-state index in [1.807, 2.05) is 83.9 Å². The predicted molar refractivity (Wildman–Crippen MR) is 127 cm³/mol. The SMILES string of the molecule is O=C(N1CCN(Cc2ncc[nH]2)c2ccccc2C1)N(c1ccccc1)c1ccccc1. The van der Waals surface area contributed by atoms with Crippen LogP contribution in [0.2, 0.25) is 0 Å². The molecule has 0 radical (unpaired) electrons. The third-order valence-electron chi connectivity index (χ3n) is 5.72. The molecule has 0 saturated heterocycles. The van der Waals surface area contributed by atoms with Gasteiger partial charge in [-0.15, -0.1) is 0 Å². The number of anilines is 3. The summed E-state index contributed by atoms with van der Waals surface area (Å²) in [5.41, 5.74) is 3.98. The molecule has 5 rings (SSSR count). The lowest BCUT2D eigenvalue weighted by Gasteiger charge is -2.30. The Kier molecular flexibility index (Phi) is 5.58. The highest BCUT2D eigenvalue weighted by molar-refractivity contribution is 5.99. The molecule has 1 aromatic heterocycles. The summed E-state index contributed by atoms with van der Waals surface area (Å²) in [7, 11) is 0. The summed E-state index contributed by atoms with van der Waals surface area (Å²) in [5, 5.41) is 0. The minimum atomic E-state index is -0.0305. The smallest absolute Gasteiger partial charge is 0.329 e. The number of hydrogen-bond acceptors (Lipinski definition) is 3. The topological polar surface area (TPSA) is 55.5 Å². The first-order valence-corrected chi connectivity index (χ1v) is 10.8. The number of nitrogens with one attached hydrogen (secondary N) is 1. The van der Waals surface area contributed by atoms with E-state index < -0.39 is 0 Å². The van der Waals surface area contributed by atoms with Crippen molar-refractivity contribution in [3.8, 4) is 0 Å². The molecule has 3 aromatic carbocycles. The number of urea groups is 1. The second kappa shape index (κ2) is 8.98. The average molecular weight is 424 g/mol. The van der Waals surface area contributed by atoms with Gasteiger partial charge in [-0.1, -0.05) is 54.6 Å². The highest BCUT2D eigenvalue weighted by Gasteiger charge is 2.28. The van der Waals surface area contributed by atoms with Crippen LogP contribution in [0.3, 0.4) is 0 Å². The zero-order valence-corrected chi connectivity index (χ0v) is 17.8. The fraction of sp³-hybridized carbons (Fsp3) is 0.154. The second-order valence-electron chi connectivity index (χ2n) is 7.80. The molecule has 0 spiro atoms. The number of fused-ring (bicyclic) bond motifs is 1. The van der Waals surface area contributed by atoms with Crippen molar-refractivity contribution in [2.24, 2.45) is 0 Å². The highest BCUT2D eigenvalue weighted by atomic mass is 16.2. The molecular formula is C26H25N5O. The molecule has 0 atom stereocenters. The van der Waals surface area contributed by atoms with Gasteiger partial charge in [-0.25, -0.2) is 9.78 Å². The van der Waals surface area contributed by atoms with Gasteiger partial charge in [0.25, 0.3) is 0 Å². The Morgan fingerprint density at radius 3 is 2.19 bits per heavy atom. The molecular weight excluding hydrogens is 398 g/mol. The van der Waals surface area contributed by atoms with Crippen molar-refractivity contribution in [3.63, 3.8) is 0 Å². The molecule has 2 amide bonds. The molecule has 6 heteroatoms. The Morgan fingerprint density at radius 2 is 1.53 bits per heavy atom. The number of para-hydroxylation sites is 3. The lowest BCUT2D eigenvalue weighted by molar-refractivity contribution is 0.207. The zero-order valence-electron chi connectivity index (χ0n) is 17.8. The molecule has 32 heavy (non-hydrogen) atoms. The van der Waals surface area contributed by atoms with Gasteiger partial charge in [0.2, 0.25) is 0 Å². The van der Waals surface area contributed by atoms with E-state index in [-0.39, 0.29) is 6.03 Å². The van der Waals surface area contributed by atoms with Crippen LogP contribution in [-0.4, -0.2) is 34.0 Å². The van der Waals surface area contributed by atoms with Crippen molar-refractivity contribution in [2.75, 3.05) is 22.9 Å². The Hall–Kier alpha value is -4.06. The summed E-state index contributed by atoms with van der Waals surface area (Å²) in [4.78, 5) is 27.5. The van der Waals surface area contributed by atoms with E-state index in [9.17, 15) is 4.79 Å². The number of imidazole rings is 1. The maximum absolute atomic E-state index is 13.9. The Balaban J connectivity index is 1.47. The van der Waals surface area contributed by atoms with Crippen molar-refractivity contribution in [2.45, 2.75) is 13.1 Å². The van der Waals surface area contributed by atoms with Crippen LogP contribution in [0.1, 0.15) is 11.4 Å². The molecule has 1 aliphatic rings. The van der Waals surface area contributed by atoms with Crippen LogP contribution >= 0.6 is 0 Å². The van der Waals surface area contributed by atoms with Crippen LogP contribution < -0.4 is 9.80 Å². The summed E-state index contributed by atoms with van der Waals surface area (Å²) in [5.74, 6) is 0.912. The first-order valence-electron chi connectivity index (χ1n) is 10.8. The highest BCUT2D eigenvalue weighted by Crippen LogP contribution is 2.30. The van der Waals surface area contributed by atoms with Crippen molar-refractivity contribution in [1.29, 1.82) is 0 Å². The van der Waals surface area contributed by atoms with Crippen LogP contribution in [0, 0.1) is 0 Å². The number of nitrogens with zero attached hydrogens (tertiary/aromatic N) is 4. The van der Waals surface area contributed by atoms with Crippen LogP contribution in [0.5, 0.6) is 0 Å². The molecule has 0 fully saturated rings. The average Bonchev–Trinajstić information content (AvgIpc) is 3.29. The molecule has 2 heterocycles. The lowest BCUT2D eigenvalue weighted by atomic mass is 10.1. The van der Waals surface area contributed by atoms with Crippen LogP contribution in [0.15, 0.2) is 97.3 Å². The third-order valence-corrected chi connectivity index (χ3v) is 5.72. The molecule has 0 saturated carbocycles. The van der Waals surface area contributed by atoms with Crippen LogP contribution in [-0.2, 0) is 13.1 Å². The zero-order chi connectivity index (χ0) is 21.8. The van der Waals surface area contributed by atoms with E-state index in [2.05, 4.69) is 27.0 Å². The number of benzene rings is 3. The van der Waals surface area contributed by atoms with Gasteiger partial charge in [-0.3, -0.25) is 4.90 Å². The van der Waals surface area contributed by atoms with E-state index in [4.69, 9.17) is 0 Å².